The minimum atomic E-state index is -0.460. The average Bonchev–Trinajstić information content (AvgIpc) is 2.89. The molecule has 134 valence electrons. The molecule has 2 rings (SSSR count). The summed E-state index contributed by atoms with van der Waals surface area (Å²) in [7, 11) is 0. The Morgan fingerprint density at radius 1 is 1.35 bits per heavy atom. The molecule has 3 atom stereocenters. The van der Waals surface area contributed by atoms with Crippen molar-refractivity contribution < 1.29 is 19.0 Å². The highest BCUT2D eigenvalue weighted by molar-refractivity contribution is 5.68. The zero-order valence-corrected chi connectivity index (χ0v) is 15.4. The number of amides is 1. The van der Waals surface area contributed by atoms with Crippen molar-refractivity contribution in [2.24, 2.45) is 0 Å². The van der Waals surface area contributed by atoms with Crippen molar-refractivity contribution in [1.82, 2.24) is 4.90 Å². The van der Waals surface area contributed by atoms with Crippen LogP contribution in [0.1, 0.15) is 66.7 Å². The maximum Gasteiger partial charge on any atom is 0.410 e. The summed E-state index contributed by atoms with van der Waals surface area (Å²) in [5.74, 6) is 0. The van der Waals surface area contributed by atoms with Gasteiger partial charge >= 0.3 is 6.09 Å². The Morgan fingerprint density at radius 2 is 2.09 bits per heavy atom. The third-order valence-corrected chi connectivity index (χ3v) is 4.73. The van der Waals surface area contributed by atoms with E-state index in [0.717, 1.165) is 38.6 Å². The fourth-order valence-corrected chi connectivity index (χ4v) is 3.37. The normalized spacial score (nSPS) is 32.1. The van der Waals surface area contributed by atoms with Crippen molar-refractivity contribution in [2.45, 2.75) is 90.1 Å². The van der Waals surface area contributed by atoms with Gasteiger partial charge in [-0.05, 0) is 59.8 Å². The number of ether oxygens (including phenoxy) is 3. The van der Waals surface area contributed by atoms with Crippen LogP contribution in [-0.4, -0.2) is 54.1 Å². The molecule has 2 heterocycles. The van der Waals surface area contributed by atoms with Gasteiger partial charge in [-0.1, -0.05) is 6.92 Å². The number of hydrogen-bond acceptors (Lipinski definition) is 4. The van der Waals surface area contributed by atoms with Gasteiger partial charge in [-0.3, -0.25) is 0 Å². The molecule has 0 N–H and O–H groups in total. The van der Waals surface area contributed by atoms with E-state index in [1.807, 2.05) is 20.8 Å². The Balaban J connectivity index is 1.91. The molecule has 0 aromatic rings. The van der Waals surface area contributed by atoms with Gasteiger partial charge in [-0.25, -0.2) is 4.79 Å². The summed E-state index contributed by atoms with van der Waals surface area (Å²) >= 11 is 0. The molecule has 3 unspecified atom stereocenters. The molecule has 2 aliphatic heterocycles. The first kappa shape index (κ1) is 18.5. The molecule has 2 fully saturated rings. The van der Waals surface area contributed by atoms with Crippen LogP contribution >= 0.6 is 0 Å². The van der Waals surface area contributed by atoms with Gasteiger partial charge in [0, 0.05) is 6.54 Å². The molecule has 0 radical (unpaired) electrons. The van der Waals surface area contributed by atoms with Gasteiger partial charge in [0.1, 0.15) is 5.60 Å². The van der Waals surface area contributed by atoms with E-state index in [1.165, 1.54) is 0 Å². The third-order valence-electron chi connectivity index (χ3n) is 4.73. The molecular weight excluding hydrogens is 294 g/mol. The molecule has 5 nitrogen and oxygen atoms in total. The van der Waals surface area contributed by atoms with Crippen molar-refractivity contribution in [3.8, 4) is 0 Å². The summed E-state index contributed by atoms with van der Waals surface area (Å²) in [6.07, 6.45) is 5.32. The quantitative estimate of drug-likeness (QED) is 0.789. The number of carbonyl (C=O) groups excluding carboxylic acids is 1. The van der Waals surface area contributed by atoms with Gasteiger partial charge < -0.3 is 19.1 Å². The first-order valence-corrected chi connectivity index (χ1v) is 9.00. The zero-order valence-electron chi connectivity index (χ0n) is 15.4. The van der Waals surface area contributed by atoms with E-state index in [-0.39, 0.29) is 17.8 Å². The molecule has 0 aromatic heterocycles. The molecule has 0 aliphatic carbocycles. The van der Waals surface area contributed by atoms with E-state index in [1.54, 1.807) is 4.90 Å². The van der Waals surface area contributed by atoms with E-state index >= 15 is 0 Å². The minimum absolute atomic E-state index is 0.199. The van der Waals surface area contributed by atoms with Crippen LogP contribution in [-0.2, 0) is 14.2 Å². The Morgan fingerprint density at radius 3 is 2.65 bits per heavy atom. The molecule has 0 aromatic carbocycles. The number of rotatable bonds is 4. The van der Waals surface area contributed by atoms with Crippen molar-refractivity contribution in [1.29, 1.82) is 0 Å². The maximum absolute atomic E-state index is 12.3. The topological polar surface area (TPSA) is 48.0 Å². The van der Waals surface area contributed by atoms with Gasteiger partial charge in [0.15, 0.2) is 0 Å². The number of hydrogen-bond donors (Lipinski definition) is 0. The lowest BCUT2D eigenvalue weighted by Gasteiger charge is -2.42. The Labute approximate surface area is 140 Å². The molecule has 0 spiro atoms. The summed E-state index contributed by atoms with van der Waals surface area (Å²) < 4.78 is 17.7. The Bertz CT molecular complexity index is 406. The SMILES string of the molecule is CCC1(OCC2CCC(C)O2)CCCN(C(=O)OC(C)(C)C)C1. The van der Waals surface area contributed by atoms with Crippen molar-refractivity contribution in [2.75, 3.05) is 19.7 Å². The standard InChI is InChI=1S/C18H33NO4/c1-6-18(21-12-15-9-8-14(2)22-15)10-7-11-19(13-18)16(20)23-17(3,4)5/h14-15H,6-13H2,1-5H3. The Kier molecular flexibility index (Phi) is 5.95. The smallest absolute Gasteiger partial charge is 0.410 e. The van der Waals surface area contributed by atoms with Crippen LogP contribution in [0.5, 0.6) is 0 Å². The second-order valence-electron chi connectivity index (χ2n) is 8.00. The van der Waals surface area contributed by atoms with Crippen LogP contribution in [0.4, 0.5) is 4.79 Å². The molecule has 23 heavy (non-hydrogen) atoms. The lowest BCUT2D eigenvalue weighted by molar-refractivity contribution is -0.121. The Hall–Kier alpha value is -0.810. The van der Waals surface area contributed by atoms with Gasteiger partial charge in [0.25, 0.3) is 0 Å². The fraction of sp³-hybridized carbons (Fsp3) is 0.944. The van der Waals surface area contributed by atoms with Gasteiger partial charge in [-0.15, -0.1) is 0 Å². The molecule has 0 saturated carbocycles. The summed E-state index contributed by atoms with van der Waals surface area (Å²) in [5.41, 5.74) is -0.720. The maximum atomic E-state index is 12.3. The van der Waals surface area contributed by atoms with Crippen LogP contribution < -0.4 is 0 Å². The molecule has 2 saturated heterocycles. The largest absolute Gasteiger partial charge is 0.444 e. The monoisotopic (exact) mass is 327 g/mol. The van der Waals surface area contributed by atoms with Gasteiger partial charge in [0.2, 0.25) is 0 Å². The van der Waals surface area contributed by atoms with E-state index in [0.29, 0.717) is 19.3 Å². The van der Waals surface area contributed by atoms with Gasteiger partial charge in [0.05, 0.1) is 31.0 Å². The van der Waals surface area contributed by atoms with Crippen molar-refractivity contribution in [3.05, 3.63) is 0 Å². The lowest BCUT2D eigenvalue weighted by Crippen LogP contribution is -2.53. The third kappa shape index (κ3) is 5.35. The van der Waals surface area contributed by atoms with Crippen LogP contribution in [0.15, 0.2) is 0 Å². The average molecular weight is 327 g/mol. The zero-order chi connectivity index (χ0) is 17.1. The molecular formula is C18H33NO4. The van der Waals surface area contributed by atoms with Crippen molar-refractivity contribution >= 4 is 6.09 Å². The van der Waals surface area contributed by atoms with Crippen LogP contribution in [0.25, 0.3) is 0 Å². The summed E-state index contributed by atoms with van der Waals surface area (Å²) in [6, 6.07) is 0. The number of piperidine rings is 1. The molecule has 2 aliphatic rings. The number of likely N-dealkylation sites (tertiary alicyclic amines) is 1. The number of carbonyl (C=O) groups is 1. The first-order chi connectivity index (χ1) is 10.7. The van der Waals surface area contributed by atoms with Crippen LogP contribution in [0.2, 0.25) is 0 Å². The lowest BCUT2D eigenvalue weighted by atomic mass is 9.90. The fourth-order valence-electron chi connectivity index (χ4n) is 3.37. The summed E-state index contributed by atoms with van der Waals surface area (Å²) in [5, 5.41) is 0. The highest BCUT2D eigenvalue weighted by Crippen LogP contribution is 2.31. The summed E-state index contributed by atoms with van der Waals surface area (Å²) in [6.45, 7) is 11.9. The highest BCUT2D eigenvalue weighted by Gasteiger charge is 2.39. The number of nitrogens with zero attached hydrogens (tertiary/aromatic N) is 1. The first-order valence-electron chi connectivity index (χ1n) is 9.00. The van der Waals surface area contributed by atoms with Crippen molar-refractivity contribution in [3.63, 3.8) is 0 Å². The van der Waals surface area contributed by atoms with E-state index < -0.39 is 5.60 Å². The summed E-state index contributed by atoms with van der Waals surface area (Å²) in [4.78, 5) is 14.1. The van der Waals surface area contributed by atoms with Crippen LogP contribution in [0.3, 0.4) is 0 Å². The molecule has 0 bridgehead atoms. The molecule has 5 heteroatoms. The highest BCUT2D eigenvalue weighted by atomic mass is 16.6. The van der Waals surface area contributed by atoms with E-state index in [4.69, 9.17) is 14.2 Å². The van der Waals surface area contributed by atoms with Gasteiger partial charge in [-0.2, -0.15) is 0 Å². The van der Waals surface area contributed by atoms with E-state index in [2.05, 4.69) is 13.8 Å². The second kappa shape index (κ2) is 7.39. The molecule has 1 amide bonds. The minimum Gasteiger partial charge on any atom is -0.444 e. The second-order valence-corrected chi connectivity index (χ2v) is 8.00. The predicted molar refractivity (Wildman–Crippen MR) is 89.6 cm³/mol. The van der Waals surface area contributed by atoms with E-state index in [9.17, 15) is 4.79 Å². The van der Waals surface area contributed by atoms with Crippen LogP contribution in [0, 0.1) is 0 Å². The predicted octanol–water partition coefficient (Wildman–Crippen LogP) is 3.75.